The maximum atomic E-state index is 11.3. The van der Waals surface area contributed by atoms with Gasteiger partial charge in [0.2, 0.25) is 5.91 Å². The lowest BCUT2D eigenvalue weighted by molar-refractivity contribution is -0.113. The van der Waals surface area contributed by atoms with E-state index in [-0.39, 0.29) is 16.1 Å². The molecule has 1 aromatic rings. The Balaban J connectivity index is 3.14. The van der Waals surface area contributed by atoms with Crippen molar-refractivity contribution in [3.05, 3.63) is 23.8 Å². The summed E-state index contributed by atoms with van der Waals surface area (Å²) in [6, 6.07) is 4.65. The fourth-order valence-electron chi connectivity index (χ4n) is 1.15. The minimum Gasteiger partial charge on any atom is -0.325 e. The quantitative estimate of drug-likeness (QED) is 0.865. The van der Waals surface area contributed by atoms with Crippen molar-refractivity contribution >= 4 is 37.4 Å². The van der Waals surface area contributed by atoms with E-state index in [1.165, 1.54) is 12.1 Å². The van der Waals surface area contributed by atoms with E-state index in [0.717, 1.165) is 11.8 Å². The summed E-state index contributed by atoms with van der Waals surface area (Å²) in [6.07, 6.45) is 1.13. The van der Waals surface area contributed by atoms with Gasteiger partial charge in [-0.1, -0.05) is 22.0 Å². The summed E-state index contributed by atoms with van der Waals surface area (Å²) in [7, 11) is -3.25. The summed E-state index contributed by atoms with van der Waals surface area (Å²) in [4.78, 5) is 11.4. The first-order chi connectivity index (χ1) is 7.34. The van der Waals surface area contributed by atoms with Crippen LogP contribution in [0.15, 0.2) is 23.1 Å². The Morgan fingerprint density at radius 2 is 2.06 bits per heavy atom. The van der Waals surface area contributed by atoms with E-state index in [4.69, 9.17) is 0 Å². The molecule has 4 nitrogen and oxygen atoms in total. The largest absolute Gasteiger partial charge is 0.325 e. The first kappa shape index (κ1) is 13.2. The first-order valence-corrected chi connectivity index (χ1v) is 7.52. The molecule has 0 heterocycles. The van der Waals surface area contributed by atoms with E-state index >= 15 is 0 Å². The smallest absolute Gasteiger partial charge is 0.235 e. The predicted octanol–water partition coefficient (Wildman–Crippen LogP) is 1.73. The number of anilines is 1. The number of sulfone groups is 1. The molecule has 0 aliphatic heterocycles. The van der Waals surface area contributed by atoms with Crippen molar-refractivity contribution in [1.29, 1.82) is 0 Å². The second-order valence-electron chi connectivity index (χ2n) is 3.43. The Morgan fingerprint density at radius 1 is 1.44 bits per heavy atom. The van der Waals surface area contributed by atoms with Gasteiger partial charge in [-0.25, -0.2) is 8.42 Å². The average molecular weight is 306 g/mol. The third kappa shape index (κ3) is 3.31. The van der Waals surface area contributed by atoms with E-state index in [0.29, 0.717) is 5.69 Å². The van der Waals surface area contributed by atoms with Crippen LogP contribution < -0.4 is 5.32 Å². The number of carbonyl (C=O) groups excluding carboxylic acids is 1. The molecule has 16 heavy (non-hydrogen) atoms. The van der Waals surface area contributed by atoms with Crippen LogP contribution >= 0.6 is 15.9 Å². The van der Waals surface area contributed by atoms with Gasteiger partial charge in [0.25, 0.3) is 0 Å². The van der Waals surface area contributed by atoms with Crippen molar-refractivity contribution in [3.8, 4) is 0 Å². The molecule has 0 unspecified atom stereocenters. The molecule has 0 atom stereocenters. The number of hydrogen-bond donors (Lipinski definition) is 1. The zero-order valence-electron chi connectivity index (χ0n) is 8.95. The third-order valence-corrected chi connectivity index (χ3v) is 3.65. The maximum absolute atomic E-state index is 11.3. The summed E-state index contributed by atoms with van der Waals surface area (Å²) in [5.74, 6) is -0.214. The van der Waals surface area contributed by atoms with E-state index in [9.17, 15) is 13.2 Å². The molecule has 6 heteroatoms. The van der Waals surface area contributed by atoms with E-state index in [1.54, 1.807) is 13.0 Å². The molecule has 1 N–H and O–H groups in total. The van der Waals surface area contributed by atoms with E-state index < -0.39 is 9.84 Å². The molecule has 0 saturated carbocycles. The Morgan fingerprint density at radius 3 is 2.56 bits per heavy atom. The fraction of sp³-hybridized carbons (Fsp3) is 0.300. The highest BCUT2D eigenvalue weighted by atomic mass is 79.9. The minimum atomic E-state index is -3.25. The summed E-state index contributed by atoms with van der Waals surface area (Å²) in [6.45, 7) is 1.80. The minimum absolute atomic E-state index is 0.176. The molecule has 0 bridgehead atoms. The monoisotopic (exact) mass is 305 g/mol. The number of benzene rings is 1. The lowest BCUT2D eigenvalue weighted by Crippen LogP contribution is -2.13. The molecule has 1 aromatic carbocycles. The van der Waals surface area contributed by atoms with Crippen LogP contribution in [-0.4, -0.2) is 25.9 Å². The Labute approximate surface area is 103 Å². The molecule has 1 amide bonds. The number of amides is 1. The summed E-state index contributed by atoms with van der Waals surface area (Å²) in [5, 5.41) is 2.80. The third-order valence-electron chi connectivity index (χ3n) is 2.03. The summed E-state index contributed by atoms with van der Waals surface area (Å²) in [5.41, 5.74) is 1.34. The van der Waals surface area contributed by atoms with Gasteiger partial charge in [0.05, 0.1) is 10.2 Å². The molecule has 0 saturated heterocycles. The van der Waals surface area contributed by atoms with Crippen molar-refractivity contribution in [2.24, 2.45) is 0 Å². The maximum Gasteiger partial charge on any atom is 0.235 e. The highest BCUT2D eigenvalue weighted by molar-refractivity contribution is 9.09. The van der Waals surface area contributed by atoms with Crippen LogP contribution in [0.3, 0.4) is 0 Å². The lowest BCUT2D eigenvalue weighted by Gasteiger charge is -2.08. The normalized spacial score (nSPS) is 11.2. The highest BCUT2D eigenvalue weighted by Gasteiger charge is 2.10. The topological polar surface area (TPSA) is 63.2 Å². The number of aryl methyl sites for hydroxylation is 1. The number of carbonyl (C=O) groups is 1. The molecule has 0 radical (unpaired) electrons. The van der Waals surface area contributed by atoms with E-state index in [2.05, 4.69) is 21.2 Å². The number of rotatable bonds is 3. The molecule has 0 aromatic heterocycles. The first-order valence-electron chi connectivity index (χ1n) is 4.51. The van der Waals surface area contributed by atoms with Crippen molar-refractivity contribution in [2.75, 3.05) is 16.9 Å². The van der Waals surface area contributed by atoms with Gasteiger partial charge in [-0.3, -0.25) is 4.79 Å². The second-order valence-corrected chi connectivity index (χ2v) is 6.01. The Hall–Kier alpha value is -0.880. The second kappa shape index (κ2) is 4.97. The van der Waals surface area contributed by atoms with Crippen LogP contribution in [0.1, 0.15) is 5.56 Å². The van der Waals surface area contributed by atoms with Crippen LogP contribution in [0.4, 0.5) is 5.69 Å². The van der Waals surface area contributed by atoms with Gasteiger partial charge in [-0.05, 0) is 24.6 Å². The number of halogens is 1. The molecule has 0 spiro atoms. The molecule has 88 valence electrons. The number of nitrogens with one attached hydrogen (secondary N) is 1. The summed E-state index contributed by atoms with van der Waals surface area (Å²) >= 11 is 3.02. The van der Waals surface area contributed by atoms with Gasteiger partial charge in [0.1, 0.15) is 0 Å². The number of alkyl halides is 1. The van der Waals surface area contributed by atoms with Crippen molar-refractivity contribution < 1.29 is 13.2 Å². The standard InChI is InChI=1S/C10H12BrNO3S/c1-7-3-4-8(16(2,14)15)5-9(7)12-10(13)6-11/h3-5H,6H2,1-2H3,(H,12,13). The predicted molar refractivity (Wildman–Crippen MR) is 66.7 cm³/mol. The Bertz CT molecular complexity index is 511. The van der Waals surface area contributed by atoms with Gasteiger partial charge in [0.15, 0.2) is 9.84 Å². The van der Waals surface area contributed by atoms with Gasteiger partial charge >= 0.3 is 0 Å². The van der Waals surface area contributed by atoms with Gasteiger partial charge < -0.3 is 5.32 Å². The highest BCUT2D eigenvalue weighted by Crippen LogP contribution is 2.20. The molecule has 0 aliphatic rings. The Kier molecular flexibility index (Phi) is 4.09. The van der Waals surface area contributed by atoms with Crippen LogP contribution in [0.5, 0.6) is 0 Å². The molecule has 1 rings (SSSR count). The summed E-state index contributed by atoms with van der Waals surface area (Å²) < 4.78 is 22.7. The van der Waals surface area contributed by atoms with Crippen molar-refractivity contribution in [3.63, 3.8) is 0 Å². The fourth-order valence-corrected chi connectivity index (χ4v) is 1.94. The van der Waals surface area contributed by atoms with Crippen molar-refractivity contribution in [2.45, 2.75) is 11.8 Å². The molecule has 0 aliphatic carbocycles. The van der Waals surface area contributed by atoms with Gasteiger partial charge in [-0.2, -0.15) is 0 Å². The molecular formula is C10H12BrNO3S. The average Bonchev–Trinajstić information content (AvgIpc) is 2.19. The van der Waals surface area contributed by atoms with Crippen LogP contribution in [0.2, 0.25) is 0 Å². The van der Waals surface area contributed by atoms with Gasteiger partial charge in [0, 0.05) is 11.9 Å². The lowest BCUT2D eigenvalue weighted by atomic mass is 10.2. The van der Waals surface area contributed by atoms with Crippen LogP contribution in [0, 0.1) is 6.92 Å². The zero-order chi connectivity index (χ0) is 12.3. The SMILES string of the molecule is Cc1ccc(S(C)(=O)=O)cc1NC(=O)CBr. The number of hydrogen-bond acceptors (Lipinski definition) is 3. The zero-order valence-corrected chi connectivity index (χ0v) is 11.4. The van der Waals surface area contributed by atoms with Crippen molar-refractivity contribution in [1.82, 2.24) is 0 Å². The van der Waals surface area contributed by atoms with Gasteiger partial charge in [-0.15, -0.1) is 0 Å². The van der Waals surface area contributed by atoms with Crippen LogP contribution in [0.25, 0.3) is 0 Å². The van der Waals surface area contributed by atoms with Crippen LogP contribution in [-0.2, 0) is 14.6 Å². The van der Waals surface area contributed by atoms with E-state index in [1.807, 2.05) is 0 Å². The molecule has 0 fully saturated rings. The molecular weight excluding hydrogens is 294 g/mol.